The molecule has 1 aliphatic rings. The number of halogens is 1. The van der Waals surface area contributed by atoms with E-state index in [4.69, 9.17) is 5.73 Å². The highest BCUT2D eigenvalue weighted by atomic mass is 19.1. The second-order valence-electron chi connectivity index (χ2n) is 4.67. The van der Waals surface area contributed by atoms with Crippen LogP contribution in [0.25, 0.3) is 0 Å². The van der Waals surface area contributed by atoms with E-state index < -0.39 is 6.10 Å². The van der Waals surface area contributed by atoms with Crippen molar-refractivity contribution < 1.29 is 9.50 Å². The number of nitrogens with zero attached hydrogens (tertiary/aromatic N) is 1. The fourth-order valence-electron chi connectivity index (χ4n) is 2.27. The van der Waals surface area contributed by atoms with Crippen LogP contribution in [0.15, 0.2) is 24.3 Å². The minimum Gasteiger partial charge on any atom is -0.387 e. The average Bonchev–Trinajstić information content (AvgIpc) is 2.82. The van der Waals surface area contributed by atoms with Crippen LogP contribution in [-0.4, -0.2) is 35.7 Å². The van der Waals surface area contributed by atoms with Gasteiger partial charge in [-0.05, 0) is 43.6 Å². The van der Waals surface area contributed by atoms with Gasteiger partial charge in [-0.15, -0.1) is 0 Å². The van der Waals surface area contributed by atoms with Crippen molar-refractivity contribution in [2.75, 3.05) is 19.6 Å². The molecule has 1 aliphatic heterocycles. The molecule has 1 heterocycles. The second-order valence-corrected chi connectivity index (χ2v) is 4.67. The van der Waals surface area contributed by atoms with Gasteiger partial charge in [-0.3, -0.25) is 0 Å². The Morgan fingerprint density at radius 3 is 2.41 bits per heavy atom. The van der Waals surface area contributed by atoms with Gasteiger partial charge in [0.2, 0.25) is 0 Å². The smallest absolute Gasteiger partial charge is 0.123 e. The first-order valence-corrected chi connectivity index (χ1v) is 6.08. The van der Waals surface area contributed by atoms with Gasteiger partial charge in [-0.2, -0.15) is 0 Å². The highest BCUT2D eigenvalue weighted by molar-refractivity contribution is 5.19. The van der Waals surface area contributed by atoms with Crippen molar-refractivity contribution in [1.29, 1.82) is 0 Å². The fourth-order valence-corrected chi connectivity index (χ4v) is 2.27. The van der Waals surface area contributed by atoms with Crippen LogP contribution in [0.2, 0.25) is 0 Å². The summed E-state index contributed by atoms with van der Waals surface area (Å²) in [6, 6.07) is 5.55. The molecule has 1 saturated heterocycles. The molecule has 0 saturated carbocycles. The lowest BCUT2D eigenvalue weighted by Gasteiger charge is -2.24. The fraction of sp³-hybridized carbons (Fsp3) is 0.538. The molecule has 3 nitrogen and oxygen atoms in total. The maximum Gasteiger partial charge on any atom is 0.123 e. The number of hydrogen-bond acceptors (Lipinski definition) is 3. The van der Waals surface area contributed by atoms with Gasteiger partial charge in [0.1, 0.15) is 5.82 Å². The van der Waals surface area contributed by atoms with E-state index in [0.717, 1.165) is 13.1 Å². The lowest BCUT2D eigenvalue weighted by atomic mass is 10.0. The van der Waals surface area contributed by atoms with E-state index in [0.29, 0.717) is 12.1 Å². The molecule has 0 radical (unpaired) electrons. The standard InChI is InChI=1S/C13H19FN2O/c14-11-5-3-10(4-6-11)13(17)12(15)9-16-7-1-2-8-16/h3-6,12-13,17H,1-2,7-9,15H2/t12-,13-/m1/s1. The van der Waals surface area contributed by atoms with E-state index in [-0.39, 0.29) is 11.9 Å². The van der Waals surface area contributed by atoms with Crippen LogP contribution in [0, 0.1) is 5.82 Å². The summed E-state index contributed by atoms with van der Waals surface area (Å²) < 4.78 is 12.8. The SMILES string of the molecule is N[C@H](CN1CCCC1)[C@H](O)c1ccc(F)cc1. The van der Waals surface area contributed by atoms with E-state index in [1.165, 1.54) is 25.0 Å². The Hall–Kier alpha value is -0.970. The molecule has 0 spiro atoms. The highest BCUT2D eigenvalue weighted by Gasteiger charge is 2.21. The van der Waals surface area contributed by atoms with Crippen LogP contribution in [0.1, 0.15) is 24.5 Å². The summed E-state index contributed by atoms with van der Waals surface area (Å²) in [6.45, 7) is 2.81. The quantitative estimate of drug-likeness (QED) is 0.831. The van der Waals surface area contributed by atoms with E-state index in [1.54, 1.807) is 12.1 Å². The molecule has 1 fully saturated rings. The summed E-state index contributed by atoms with van der Waals surface area (Å²) in [7, 11) is 0. The van der Waals surface area contributed by atoms with Gasteiger partial charge >= 0.3 is 0 Å². The van der Waals surface area contributed by atoms with Crippen LogP contribution in [0.5, 0.6) is 0 Å². The number of aliphatic hydroxyl groups is 1. The Labute approximate surface area is 101 Å². The molecule has 0 aliphatic carbocycles. The number of rotatable bonds is 4. The third-order valence-corrected chi connectivity index (χ3v) is 3.28. The molecule has 94 valence electrons. The predicted octanol–water partition coefficient (Wildman–Crippen LogP) is 1.28. The molecule has 0 bridgehead atoms. The van der Waals surface area contributed by atoms with Crippen molar-refractivity contribution >= 4 is 0 Å². The monoisotopic (exact) mass is 238 g/mol. The number of aliphatic hydroxyl groups excluding tert-OH is 1. The molecule has 1 aromatic rings. The van der Waals surface area contributed by atoms with Crippen LogP contribution >= 0.6 is 0 Å². The minimum atomic E-state index is -0.726. The predicted molar refractivity (Wildman–Crippen MR) is 65.0 cm³/mol. The molecule has 0 aromatic heterocycles. The summed E-state index contributed by atoms with van der Waals surface area (Å²) in [5, 5.41) is 10.1. The molecular formula is C13H19FN2O. The summed E-state index contributed by atoms with van der Waals surface area (Å²) in [5.74, 6) is -0.297. The first kappa shape index (κ1) is 12.5. The van der Waals surface area contributed by atoms with Gasteiger partial charge in [-0.25, -0.2) is 4.39 Å². The Balaban J connectivity index is 1.93. The van der Waals surface area contributed by atoms with Crippen molar-refractivity contribution in [3.05, 3.63) is 35.6 Å². The maximum atomic E-state index is 12.8. The van der Waals surface area contributed by atoms with E-state index >= 15 is 0 Å². The van der Waals surface area contributed by atoms with Crippen LogP contribution in [0.4, 0.5) is 4.39 Å². The van der Waals surface area contributed by atoms with E-state index in [9.17, 15) is 9.50 Å². The minimum absolute atomic E-state index is 0.297. The van der Waals surface area contributed by atoms with Crippen molar-refractivity contribution in [2.45, 2.75) is 25.0 Å². The third kappa shape index (κ3) is 3.25. The molecular weight excluding hydrogens is 219 g/mol. The summed E-state index contributed by atoms with van der Waals surface area (Å²) in [5.41, 5.74) is 6.66. The van der Waals surface area contributed by atoms with Gasteiger partial charge in [0.15, 0.2) is 0 Å². The molecule has 17 heavy (non-hydrogen) atoms. The van der Waals surface area contributed by atoms with Crippen LogP contribution in [0.3, 0.4) is 0 Å². The first-order chi connectivity index (χ1) is 8.16. The zero-order valence-corrected chi connectivity index (χ0v) is 9.85. The molecule has 1 aromatic carbocycles. The molecule has 4 heteroatoms. The number of nitrogens with two attached hydrogens (primary N) is 1. The number of hydrogen-bond donors (Lipinski definition) is 2. The lowest BCUT2D eigenvalue weighted by Crippen LogP contribution is -2.40. The maximum absolute atomic E-state index is 12.8. The average molecular weight is 238 g/mol. The zero-order valence-electron chi connectivity index (χ0n) is 9.85. The second kappa shape index (κ2) is 5.58. The number of likely N-dealkylation sites (tertiary alicyclic amines) is 1. The van der Waals surface area contributed by atoms with E-state index in [2.05, 4.69) is 4.90 Å². The lowest BCUT2D eigenvalue weighted by molar-refractivity contribution is 0.125. The Morgan fingerprint density at radius 2 is 1.82 bits per heavy atom. The molecule has 3 N–H and O–H groups in total. The molecule has 2 rings (SSSR count). The summed E-state index contributed by atoms with van der Waals surface area (Å²) in [6.07, 6.45) is 1.69. The first-order valence-electron chi connectivity index (χ1n) is 6.08. The van der Waals surface area contributed by atoms with E-state index in [1.807, 2.05) is 0 Å². The summed E-state index contributed by atoms with van der Waals surface area (Å²) in [4.78, 5) is 2.26. The van der Waals surface area contributed by atoms with Gasteiger partial charge in [0.05, 0.1) is 6.10 Å². The molecule has 2 atom stereocenters. The van der Waals surface area contributed by atoms with Crippen molar-refractivity contribution in [2.24, 2.45) is 5.73 Å². The van der Waals surface area contributed by atoms with Crippen molar-refractivity contribution in [3.63, 3.8) is 0 Å². The van der Waals surface area contributed by atoms with Gasteiger partial charge in [-0.1, -0.05) is 12.1 Å². The van der Waals surface area contributed by atoms with Gasteiger partial charge in [0, 0.05) is 12.6 Å². The van der Waals surface area contributed by atoms with Gasteiger partial charge < -0.3 is 15.7 Å². The van der Waals surface area contributed by atoms with Crippen LogP contribution < -0.4 is 5.73 Å². The molecule has 0 amide bonds. The Bertz CT molecular complexity index is 349. The third-order valence-electron chi connectivity index (χ3n) is 3.28. The van der Waals surface area contributed by atoms with Crippen molar-refractivity contribution in [1.82, 2.24) is 4.90 Å². The Morgan fingerprint density at radius 1 is 1.24 bits per heavy atom. The van der Waals surface area contributed by atoms with Crippen LogP contribution in [-0.2, 0) is 0 Å². The summed E-state index contributed by atoms with van der Waals surface area (Å²) >= 11 is 0. The van der Waals surface area contributed by atoms with Gasteiger partial charge in [0.25, 0.3) is 0 Å². The largest absolute Gasteiger partial charge is 0.387 e. The normalized spacial score (nSPS) is 20.4. The Kier molecular flexibility index (Phi) is 4.10. The molecule has 0 unspecified atom stereocenters. The number of benzene rings is 1. The topological polar surface area (TPSA) is 49.5 Å². The highest BCUT2D eigenvalue weighted by Crippen LogP contribution is 2.18. The zero-order chi connectivity index (χ0) is 12.3. The van der Waals surface area contributed by atoms with Crippen molar-refractivity contribution in [3.8, 4) is 0 Å².